The second-order valence-corrected chi connectivity index (χ2v) is 6.36. The fraction of sp³-hybridized carbons (Fsp3) is 1.00. The molecule has 1 saturated carbocycles. The van der Waals surface area contributed by atoms with E-state index in [0.717, 1.165) is 24.7 Å². The van der Waals surface area contributed by atoms with Gasteiger partial charge in [-0.25, -0.2) is 0 Å². The molecule has 1 aliphatic carbocycles. The van der Waals surface area contributed by atoms with Gasteiger partial charge in [-0.1, -0.05) is 6.92 Å². The van der Waals surface area contributed by atoms with Crippen molar-refractivity contribution in [1.82, 2.24) is 15.1 Å². The lowest BCUT2D eigenvalue weighted by Crippen LogP contribution is -2.47. The summed E-state index contributed by atoms with van der Waals surface area (Å²) in [7, 11) is 4.41. The lowest BCUT2D eigenvalue weighted by molar-refractivity contribution is 0.114. The highest BCUT2D eigenvalue weighted by molar-refractivity contribution is 4.90. The maximum Gasteiger partial charge on any atom is 0.0226 e. The first-order valence-corrected chi connectivity index (χ1v) is 7.84. The zero-order valence-electron chi connectivity index (χ0n) is 12.5. The largest absolute Gasteiger partial charge is 0.314 e. The van der Waals surface area contributed by atoms with Crippen molar-refractivity contribution in [2.45, 2.75) is 63.6 Å². The zero-order valence-corrected chi connectivity index (χ0v) is 12.5. The second kappa shape index (κ2) is 6.88. The van der Waals surface area contributed by atoms with Gasteiger partial charge in [0.2, 0.25) is 0 Å². The van der Waals surface area contributed by atoms with Crippen LogP contribution in [0, 0.1) is 0 Å². The van der Waals surface area contributed by atoms with Crippen LogP contribution in [0.5, 0.6) is 0 Å². The van der Waals surface area contributed by atoms with Crippen molar-refractivity contribution < 1.29 is 0 Å². The van der Waals surface area contributed by atoms with Gasteiger partial charge in [0.1, 0.15) is 0 Å². The summed E-state index contributed by atoms with van der Waals surface area (Å²) in [5.74, 6) is 0. The van der Waals surface area contributed by atoms with Crippen LogP contribution in [-0.2, 0) is 0 Å². The summed E-state index contributed by atoms with van der Waals surface area (Å²) in [6.45, 7) is 5.93. The Labute approximate surface area is 113 Å². The van der Waals surface area contributed by atoms with E-state index in [1.165, 1.54) is 51.6 Å². The molecular weight excluding hydrogens is 222 g/mol. The van der Waals surface area contributed by atoms with Crippen molar-refractivity contribution in [3.05, 3.63) is 0 Å². The van der Waals surface area contributed by atoms with E-state index < -0.39 is 0 Å². The van der Waals surface area contributed by atoms with Gasteiger partial charge in [-0.2, -0.15) is 0 Å². The maximum atomic E-state index is 3.61. The van der Waals surface area contributed by atoms with Crippen molar-refractivity contribution in [2.24, 2.45) is 0 Å². The molecule has 1 atom stereocenters. The summed E-state index contributed by atoms with van der Waals surface area (Å²) in [6.07, 6.45) is 8.38. The van der Waals surface area contributed by atoms with Crippen LogP contribution < -0.4 is 5.32 Å². The van der Waals surface area contributed by atoms with Gasteiger partial charge in [0.05, 0.1) is 0 Å². The Bertz CT molecular complexity index is 234. The average Bonchev–Trinajstić information content (AvgIpc) is 2.78. The van der Waals surface area contributed by atoms with E-state index in [2.05, 4.69) is 36.1 Å². The molecule has 3 nitrogen and oxygen atoms in total. The first-order valence-electron chi connectivity index (χ1n) is 7.84. The van der Waals surface area contributed by atoms with Gasteiger partial charge in [0.15, 0.2) is 0 Å². The van der Waals surface area contributed by atoms with Crippen LogP contribution in [0.1, 0.15) is 45.4 Å². The third-order valence-corrected chi connectivity index (χ3v) is 4.66. The Balaban J connectivity index is 1.81. The average molecular weight is 253 g/mol. The molecule has 0 spiro atoms. The van der Waals surface area contributed by atoms with Crippen LogP contribution in [0.4, 0.5) is 0 Å². The molecule has 2 aliphatic rings. The number of nitrogens with zero attached hydrogens (tertiary/aromatic N) is 2. The van der Waals surface area contributed by atoms with Gasteiger partial charge >= 0.3 is 0 Å². The minimum Gasteiger partial charge on any atom is -0.314 e. The van der Waals surface area contributed by atoms with Gasteiger partial charge < -0.3 is 10.2 Å². The first kappa shape index (κ1) is 14.3. The fourth-order valence-electron chi connectivity index (χ4n) is 3.86. The van der Waals surface area contributed by atoms with E-state index in [1.54, 1.807) is 0 Å². The summed E-state index contributed by atoms with van der Waals surface area (Å²) in [5, 5.41) is 3.61. The molecule has 1 N–H and O–H groups in total. The Kier molecular flexibility index (Phi) is 5.46. The summed E-state index contributed by atoms with van der Waals surface area (Å²) < 4.78 is 0. The van der Waals surface area contributed by atoms with E-state index in [0.29, 0.717) is 0 Å². The molecule has 0 aromatic heterocycles. The molecule has 2 fully saturated rings. The molecule has 2 rings (SSSR count). The number of hydrogen-bond donors (Lipinski definition) is 1. The highest BCUT2D eigenvalue weighted by Gasteiger charge is 2.33. The number of nitrogens with one attached hydrogen (secondary N) is 1. The minimum absolute atomic E-state index is 0.793. The van der Waals surface area contributed by atoms with Crippen LogP contribution in [0.3, 0.4) is 0 Å². The molecule has 0 amide bonds. The Hall–Kier alpha value is -0.120. The molecule has 1 unspecified atom stereocenters. The predicted molar refractivity (Wildman–Crippen MR) is 78.0 cm³/mol. The van der Waals surface area contributed by atoms with Crippen LogP contribution in [-0.4, -0.2) is 61.7 Å². The van der Waals surface area contributed by atoms with Gasteiger partial charge in [-0.05, 0) is 65.7 Å². The topological polar surface area (TPSA) is 18.5 Å². The molecule has 0 radical (unpaired) electrons. The fourth-order valence-corrected chi connectivity index (χ4v) is 3.86. The molecule has 0 bridgehead atoms. The number of likely N-dealkylation sites (tertiary alicyclic amines) is 1. The molecule has 1 saturated heterocycles. The molecule has 106 valence electrons. The Morgan fingerprint density at radius 2 is 1.83 bits per heavy atom. The van der Waals surface area contributed by atoms with E-state index in [4.69, 9.17) is 0 Å². The minimum atomic E-state index is 0.793. The van der Waals surface area contributed by atoms with Crippen LogP contribution in [0.15, 0.2) is 0 Å². The van der Waals surface area contributed by atoms with Crippen molar-refractivity contribution >= 4 is 0 Å². The zero-order chi connectivity index (χ0) is 13.0. The van der Waals surface area contributed by atoms with Gasteiger partial charge in [0.25, 0.3) is 0 Å². The van der Waals surface area contributed by atoms with E-state index in [9.17, 15) is 0 Å². The first-order chi connectivity index (χ1) is 8.70. The lowest BCUT2D eigenvalue weighted by atomic mass is 9.89. The normalized spacial score (nSPS) is 34.3. The molecular formula is C15H31N3. The molecule has 0 aromatic carbocycles. The van der Waals surface area contributed by atoms with E-state index in [-0.39, 0.29) is 0 Å². The molecule has 3 heteroatoms. The monoisotopic (exact) mass is 253 g/mol. The van der Waals surface area contributed by atoms with Crippen LogP contribution in [0.25, 0.3) is 0 Å². The predicted octanol–water partition coefficient (Wildman–Crippen LogP) is 1.93. The molecule has 18 heavy (non-hydrogen) atoms. The number of hydrogen-bond acceptors (Lipinski definition) is 3. The second-order valence-electron chi connectivity index (χ2n) is 6.36. The lowest BCUT2D eigenvalue weighted by Gasteiger charge is -2.38. The van der Waals surface area contributed by atoms with Crippen LogP contribution in [0.2, 0.25) is 0 Å². The Morgan fingerprint density at radius 1 is 1.11 bits per heavy atom. The van der Waals surface area contributed by atoms with Gasteiger partial charge in [-0.3, -0.25) is 4.90 Å². The highest BCUT2D eigenvalue weighted by Crippen LogP contribution is 2.29. The van der Waals surface area contributed by atoms with Crippen molar-refractivity contribution in [3.8, 4) is 0 Å². The Morgan fingerprint density at radius 3 is 2.44 bits per heavy atom. The van der Waals surface area contributed by atoms with Crippen molar-refractivity contribution in [2.75, 3.05) is 33.7 Å². The van der Waals surface area contributed by atoms with Gasteiger partial charge in [-0.15, -0.1) is 0 Å². The third kappa shape index (κ3) is 3.69. The summed E-state index contributed by atoms with van der Waals surface area (Å²) in [6, 6.07) is 2.48. The SMILES string of the molecule is CCNC1CCC(N2CCCC2CN(C)C)CC1. The summed E-state index contributed by atoms with van der Waals surface area (Å²) in [4.78, 5) is 5.18. The highest BCUT2D eigenvalue weighted by atomic mass is 15.2. The smallest absolute Gasteiger partial charge is 0.0226 e. The quantitative estimate of drug-likeness (QED) is 0.808. The van der Waals surface area contributed by atoms with E-state index in [1.807, 2.05) is 0 Å². The number of rotatable bonds is 5. The maximum absolute atomic E-state index is 3.61. The molecule has 1 heterocycles. The van der Waals surface area contributed by atoms with Gasteiger partial charge in [0, 0.05) is 24.7 Å². The molecule has 1 aliphatic heterocycles. The molecule has 0 aromatic rings. The van der Waals surface area contributed by atoms with Crippen molar-refractivity contribution in [1.29, 1.82) is 0 Å². The summed E-state index contributed by atoms with van der Waals surface area (Å²) in [5.41, 5.74) is 0. The van der Waals surface area contributed by atoms with Crippen LogP contribution >= 0.6 is 0 Å². The summed E-state index contributed by atoms with van der Waals surface area (Å²) >= 11 is 0. The standard InChI is InChI=1S/C15H31N3/c1-4-16-13-7-9-14(10-8-13)18-11-5-6-15(18)12-17(2)3/h13-16H,4-12H2,1-3H3. The van der Waals surface area contributed by atoms with Crippen molar-refractivity contribution in [3.63, 3.8) is 0 Å². The third-order valence-electron chi connectivity index (χ3n) is 4.66. The number of likely N-dealkylation sites (N-methyl/N-ethyl adjacent to an activating group) is 1. The van der Waals surface area contributed by atoms with E-state index >= 15 is 0 Å².